The van der Waals surface area contributed by atoms with E-state index in [1.807, 2.05) is 34.2 Å². The molecule has 3 aromatic rings. The Kier molecular flexibility index (Phi) is 3.86. The van der Waals surface area contributed by atoms with Crippen LogP contribution in [0.15, 0.2) is 35.7 Å². The molecule has 25 heavy (non-hydrogen) atoms. The first-order valence-electron chi connectivity index (χ1n) is 7.95. The summed E-state index contributed by atoms with van der Waals surface area (Å²) in [5, 5.41) is 21.3. The van der Waals surface area contributed by atoms with E-state index in [0.717, 1.165) is 33.7 Å². The second-order valence-corrected chi connectivity index (χ2v) is 6.90. The molecule has 3 heterocycles. The Balaban J connectivity index is 2.02. The lowest BCUT2D eigenvalue weighted by Crippen LogP contribution is -2.16. The minimum absolute atomic E-state index is 0.128. The van der Waals surface area contributed by atoms with Crippen LogP contribution in [0, 0.1) is 0 Å². The number of hydrogen-bond acceptors (Lipinski definition) is 4. The number of benzene rings is 1. The van der Waals surface area contributed by atoms with Crippen molar-refractivity contribution in [2.45, 2.75) is 19.6 Å². The molecule has 0 saturated heterocycles. The van der Waals surface area contributed by atoms with Crippen LogP contribution in [-0.4, -0.2) is 27.9 Å². The van der Waals surface area contributed by atoms with Crippen LogP contribution in [0.1, 0.15) is 21.6 Å². The van der Waals surface area contributed by atoms with Crippen LogP contribution in [0.25, 0.3) is 21.7 Å². The van der Waals surface area contributed by atoms with Gasteiger partial charge in [-0.05, 0) is 41.6 Å². The van der Waals surface area contributed by atoms with Gasteiger partial charge in [-0.25, -0.2) is 4.79 Å². The average Bonchev–Trinajstić information content (AvgIpc) is 3.27. The van der Waals surface area contributed by atoms with E-state index < -0.39 is 5.97 Å². The summed E-state index contributed by atoms with van der Waals surface area (Å²) in [4.78, 5) is 12.7. The topological polar surface area (TPSA) is 71.7 Å². The number of aryl methyl sites for hydroxylation is 1. The van der Waals surface area contributed by atoms with Crippen molar-refractivity contribution < 1.29 is 19.7 Å². The third-order valence-corrected chi connectivity index (χ3v) is 5.54. The van der Waals surface area contributed by atoms with Gasteiger partial charge in [-0.2, -0.15) is 0 Å². The minimum atomic E-state index is -0.927. The number of rotatable bonds is 4. The molecule has 2 aromatic heterocycles. The van der Waals surface area contributed by atoms with Gasteiger partial charge in [-0.3, -0.25) is 0 Å². The SMILES string of the molecule is COc1cc2c(cc1CO)-c1c(-c3cccs3)cc(C(=O)O)n1CC2. The molecule has 1 aromatic carbocycles. The summed E-state index contributed by atoms with van der Waals surface area (Å²) in [5.74, 6) is -0.263. The fraction of sp³-hybridized carbons (Fsp3) is 0.211. The Labute approximate surface area is 148 Å². The summed E-state index contributed by atoms with van der Waals surface area (Å²) in [6, 6.07) is 9.58. The number of aromatic carboxylic acids is 1. The highest BCUT2D eigenvalue weighted by molar-refractivity contribution is 7.13. The Bertz CT molecular complexity index is 956. The van der Waals surface area contributed by atoms with Gasteiger partial charge in [0.1, 0.15) is 11.4 Å². The van der Waals surface area contributed by atoms with Crippen molar-refractivity contribution in [2.24, 2.45) is 0 Å². The fourth-order valence-electron chi connectivity index (χ4n) is 3.51. The quantitative estimate of drug-likeness (QED) is 0.749. The Morgan fingerprint density at radius 2 is 2.16 bits per heavy atom. The highest BCUT2D eigenvalue weighted by Gasteiger charge is 2.27. The van der Waals surface area contributed by atoms with Crippen LogP contribution in [0.2, 0.25) is 0 Å². The van der Waals surface area contributed by atoms with Gasteiger partial charge in [0.15, 0.2) is 0 Å². The van der Waals surface area contributed by atoms with Crippen molar-refractivity contribution in [1.82, 2.24) is 4.57 Å². The predicted octanol–water partition coefficient (Wildman–Crippen LogP) is 3.64. The van der Waals surface area contributed by atoms with Gasteiger partial charge in [-0.15, -0.1) is 11.3 Å². The monoisotopic (exact) mass is 355 g/mol. The summed E-state index contributed by atoms with van der Waals surface area (Å²) in [5.41, 5.74) is 4.89. The molecular formula is C19H17NO4S. The smallest absolute Gasteiger partial charge is 0.352 e. The van der Waals surface area contributed by atoms with E-state index in [1.165, 1.54) is 0 Å². The van der Waals surface area contributed by atoms with Gasteiger partial charge in [0, 0.05) is 28.1 Å². The van der Waals surface area contributed by atoms with Crippen molar-refractivity contribution >= 4 is 17.3 Å². The van der Waals surface area contributed by atoms with E-state index in [2.05, 4.69) is 0 Å². The lowest BCUT2D eigenvalue weighted by atomic mass is 9.93. The van der Waals surface area contributed by atoms with Crippen molar-refractivity contribution in [3.05, 3.63) is 52.5 Å². The second-order valence-electron chi connectivity index (χ2n) is 5.96. The van der Waals surface area contributed by atoms with Crippen LogP contribution < -0.4 is 4.74 Å². The molecule has 0 bridgehead atoms. The maximum Gasteiger partial charge on any atom is 0.352 e. The number of carboxylic acid groups (broad SMARTS) is 1. The van der Waals surface area contributed by atoms with E-state index in [1.54, 1.807) is 24.5 Å². The first-order valence-corrected chi connectivity index (χ1v) is 8.83. The zero-order valence-electron chi connectivity index (χ0n) is 13.7. The molecule has 128 valence electrons. The number of thiophene rings is 1. The van der Waals surface area contributed by atoms with Crippen molar-refractivity contribution in [3.8, 4) is 27.4 Å². The number of aliphatic hydroxyl groups excluding tert-OH is 1. The molecule has 1 aliphatic rings. The zero-order chi connectivity index (χ0) is 17.6. The van der Waals surface area contributed by atoms with Crippen molar-refractivity contribution in [2.75, 3.05) is 7.11 Å². The lowest BCUT2D eigenvalue weighted by Gasteiger charge is -2.23. The number of nitrogens with zero attached hydrogens (tertiary/aromatic N) is 1. The summed E-state index contributed by atoms with van der Waals surface area (Å²) in [7, 11) is 1.59. The van der Waals surface area contributed by atoms with Crippen LogP contribution in [0.3, 0.4) is 0 Å². The highest BCUT2D eigenvalue weighted by atomic mass is 32.1. The maximum absolute atomic E-state index is 11.7. The van der Waals surface area contributed by atoms with E-state index in [0.29, 0.717) is 23.6 Å². The Morgan fingerprint density at radius 1 is 1.32 bits per heavy atom. The molecule has 0 aliphatic carbocycles. The van der Waals surface area contributed by atoms with Gasteiger partial charge in [0.05, 0.1) is 19.4 Å². The van der Waals surface area contributed by atoms with Crippen LogP contribution in [0.5, 0.6) is 5.75 Å². The van der Waals surface area contributed by atoms with E-state index in [9.17, 15) is 15.0 Å². The number of ether oxygens (including phenoxy) is 1. The van der Waals surface area contributed by atoms with Gasteiger partial charge in [0.2, 0.25) is 0 Å². The first-order chi connectivity index (χ1) is 12.1. The Hall–Kier alpha value is -2.57. The third kappa shape index (κ3) is 2.45. The number of fused-ring (bicyclic) bond motifs is 3. The lowest BCUT2D eigenvalue weighted by molar-refractivity contribution is 0.0685. The predicted molar refractivity (Wildman–Crippen MR) is 96.3 cm³/mol. The highest BCUT2D eigenvalue weighted by Crippen LogP contribution is 2.43. The van der Waals surface area contributed by atoms with Gasteiger partial charge in [-0.1, -0.05) is 6.07 Å². The number of carboxylic acids is 1. The van der Waals surface area contributed by atoms with E-state index in [-0.39, 0.29) is 6.61 Å². The number of aliphatic hydroxyl groups is 1. The molecule has 0 atom stereocenters. The third-order valence-electron chi connectivity index (χ3n) is 4.64. The van der Waals surface area contributed by atoms with E-state index in [4.69, 9.17) is 4.74 Å². The molecule has 0 amide bonds. The van der Waals surface area contributed by atoms with Crippen molar-refractivity contribution in [3.63, 3.8) is 0 Å². The number of aromatic nitrogens is 1. The summed E-state index contributed by atoms with van der Waals surface area (Å²) in [6.45, 7) is 0.480. The Morgan fingerprint density at radius 3 is 2.80 bits per heavy atom. The molecule has 2 N–H and O–H groups in total. The molecule has 0 unspecified atom stereocenters. The van der Waals surface area contributed by atoms with Crippen LogP contribution in [0.4, 0.5) is 0 Å². The molecule has 0 fully saturated rings. The van der Waals surface area contributed by atoms with E-state index >= 15 is 0 Å². The molecule has 0 radical (unpaired) electrons. The molecular weight excluding hydrogens is 338 g/mol. The van der Waals surface area contributed by atoms with Gasteiger partial charge < -0.3 is 19.5 Å². The molecule has 6 heteroatoms. The molecule has 4 rings (SSSR count). The summed E-state index contributed by atoms with van der Waals surface area (Å²) >= 11 is 1.59. The van der Waals surface area contributed by atoms with Crippen LogP contribution >= 0.6 is 11.3 Å². The molecule has 1 aliphatic heterocycles. The molecule has 0 saturated carbocycles. The largest absolute Gasteiger partial charge is 0.496 e. The maximum atomic E-state index is 11.7. The zero-order valence-corrected chi connectivity index (χ0v) is 14.5. The average molecular weight is 355 g/mol. The second kappa shape index (κ2) is 6.06. The summed E-state index contributed by atoms with van der Waals surface area (Å²) in [6.07, 6.45) is 0.725. The minimum Gasteiger partial charge on any atom is -0.496 e. The van der Waals surface area contributed by atoms with Gasteiger partial charge in [0.25, 0.3) is 0 Å². The fourth-order valence-corrected chi connectivity index (χ4v) is 4.25. The van der Waals surface area contributed by atoms with Crippen molar-refractivity contribution in [1.29, 1.82) is 0 Å². The molecule has 0 spiro atoms. The number of hydrogen-bond donors (Lipinski definition) is 2. The normalized spacial score (nSPS) is 12.6. The first kappa shape index (κ1) is 15.9. The van der Waals surface area contributed by atoms with Crippen LogP contribution in [-0.2, 0) is 19.6 Å². The standard InChI is InChI=1S/C19H17NO4S/c1-24-16-8-11-4-5-20-15(19(22)23)9-14(17-3-2-6-25-17)18(20)13(11)7-12(16)10-21/h2-3,6-9,21H,4-5,10H2,1H3,(H,22,23). The number of methoxy groups -OCH3 is 1. The van der Waals surface area contributed by atoms with Gasteiger partial charge >= 0.3 is 5.97 Å². The molecule has 5 nitrogen and oxygen atoms in total. The number of carbonyl (C=O) groups is 1. The summed E-state index contributed by atoms with van der Waals surface area (Å²) < 4.78 is 7.25.